The van der Waals surface area contributed by atoms with Crippen LogP contribution in [-0.2, 0) is 11.2 Å². The van der Waals surface area contributed by atoms with E-state index in [-0.39, 0.29) is 48.4 Å². The first-order valence-electron chi connectivity index (χ1n) is 13.9. The molecule has 0 spiro atoms. The average molecular weight is 551 g/mol. The van der Waals surface area contributed by atoms with Gasteiger partial charge in [-0.1, -0.05) is 48.5 Å². The van der Waals surface area contributed by atoms with Crippen LogP contribution in [0.5, 0.6) is 5.75 Å². The molecule has 0 aromatic heterocycles. The van der Waals surface area contributed by atoms with E-state index in [0.29, 0.717) is 50.5 Å². The van der Waals surface area contributed by atoms with Crippen LogP contribution in [-0.4, -0.2) is 60.4 Å². The number of likely N-dealkylation sites (tertiary alicyclic amines) is 2. The van der Waals surface area contributed by atoms with Crippen molar-refractivity contribution in [1.29, 1.82) is 0 Å². The van der Waals surface area contributed by atoms with Gasteiger partial charge in [-0.05, 0) is 42.9 Å². The number of amidine groups is 1. The quantitative estimate of drug-likeness (QED) is 0.218. The number of piperidine rings is 1. The zero-order valence-corrected chi connectivity index (χ0v) is 23.6. The Bertz CT molecular complexity index is 988. The topological polar surface area (TPSA) is 88.2 Å². The van der Waals surface area contributed by atoms with Crippen molar-refractivity contribution in [3.63, 3.8) is 0 Å². The Morgan fingerprint density at radius 1 is 1.13 bits per heavy atom. The van der Waals surface area contributed by atoms with Gasteiger partial charge in [-0.25, -0.2) is 13.6 Å². The van der Waals surface area contributed by atoms with Crippen LogP contribution in [0.15, 0.2) is 17.1 Å². The maximum absolute atomic E-state index is 14.6. The molecule has 2 heterocycles. The first kappa shape index (κ1) is 32.5. The molecule has 2 aliphatic rings. The van der Waals surface area contributed by atoms with E-state index < -0.39 is 11.6 Å². The highest BCUT2D eigenvalue weighted by Gasteiger charge is 2.37. The van der Waals surface area contributed by atoms with Gasteiger partial charge in [-0.15, -0.1) is 0 Å². The van der Waals surface area contributed by atoms with Crippen molar-refractivity contribution < 1.29 is 23.1 Å². The molecule has 2 aliphatic heterocycles. The molecule has 39 heavy (non-hydrogen) atoms. The number of aliphatic imine (C=N–C) groups is 1. The third-order valence-electron chi connectivity index (χ3n) is 7.84. The second-order valence-corrected chi connectivity index (χ2v) is 11.9. The molecule has 1 aromatic carbocycles. The zero-order chi connectivity index (χ0) is 28.0. The van der Waals surface area contributed by atoms with Gasteiger partial charge in [-0.2, -0.15) is 4.99 Å². The number of hydrogen-bond donors (Lipinski definition) is 1. The predicted molar refractivity (Wildman–Crippen MR) is 152 cm³/mol. The van der Waals surface area contributed by atoms with Gasteiger partial charge < -0.3 is 20.3 Å². The van der Waals surface area contributed by atoms with E-state index in [1.54, 1.807) is 9.80 Å². The van der Waals surface area contributed by atoms with E-state index in [4.69, 9.17) is 10.5 Å². The van der Waals surface area contributed by atoms with E-state index in [9.17, 15) is 18.4 Å². The Kier molecular flexibility index (Phi) is 11.7. The fourth-order valence-electron chi connectivity index (χ4n) is 5.44. The van der Waals surface area contributed by atoms with Crippen molar-refractivity contribution in [2.24, 2.45) is 33.9 Å². The Morgan fingerprint density at radius 2 is 1.72 bits per heavy atom. The maximum atomic E-state index is 14.6. The summed E-state index contributed by atoms with van der Waals surface area (Å²) in [7, 11) is 0. The Hall–Kier alpha value is -2.71. The van der Waals surface area contributed by atoms with Crippen LogP contribution < -0.4 is 10.5 Å². The van der Waals surface area contributed by atoms with Crippen molar-refractivity contribution >= 4 is 17.8 Å². The molecule has 1 aromatic rings. The summed E-state index contributed by atoms with van der Waals surface area (Å²) in [4.78, 5) is 32.1. The van der Waals surface area contributed by atoms with E-state index >= 15 is 0 Å². The third-order valence-corrected chi connectivity index (χ3v) is 7.84. The van der Waals surface area contributed by atoms with Gasteiger partial charge in [0.1, 0.15) is 23.2 Å². The maximum Gasteiger partial charge on any atom is 0.345 e. The number of urea groups is 1. The smallest absolute Gasteiger partial charge is 0.345 e. The SMILES string of the molecule is C.CC[C@@H](CCCOc1cc(F)c(CC(=O)N2CC(C)(C)C2)c(F)c1)C1CCN(C(=O)/N=C(\N)C(C)C)CC1. The highest BCUT2D eigenvalue weighted by molar-refractivity contribution is 5.93. The largest absolute Gasteiger partial charge is 0.493 e. The lowest BCUT2D eigenvalue weighted by atomic mass is 9.80. The normalized spacial score (nSPS) is 18.4. The van der Waals surface area contributed by atoms with Crippen LogP contribution in [0.4, 0.5) is 13.6 Å². The van der Waals surface area contributed by atoms with Gasteiger partial charge in [0.15, 0.2) is 0 Å². The van der Waals surface area contributed by atoms with Gasteiger partial charge >= 0.3 is 6.03 Å². The highest BCUT2D eigenvalue weighted by atomic mass is 19.1. The molecule has 0 bridgehead atoms. The van der Waals surface area contributed by atoms with E-state index in [1.165, 1.54) is 12.1 Å². The molecule has 220 valence electrons. The number of ether oxygens (including phenoxy) is 1. The summed E-state index contributed by atoms with van der Waals surface area (Å²) >= 11 is 0. The van der Waals surface area contributed by atoms with Gasteiger partial charge in [0, 0.05) is 49.8 Å². The second-order valence-electron chi connectivity index (χ2n) is 11.9. The van der Waals surface area contributed by atoms with Crippen LogP contribution in [0.25, 0.3) is 0 Å². The lowest BCUT2D eigenvalue weighted by Crippen LogP contribution is -2.55. The fraction of sp³-hybridized carbons (Fsp3) is 0.700. The minimum absolute atomic E-state index is 0. The van der Waals surface area contributed by atoms with Crippen molar-refractivity contribution in [3.8, 4) is 5.75 Å². The molecule has 3 amide bonds. The number of benzene rings is 1. The van der Waals surface area contributed by atoms with E-state index in [1.807, 2.05) is 13.8 Å². The summed E-state index contributed by atoms with van der Waals surface area (Å²) in [5, 5.41) is 0. The molecule has 7 nitrogen and oxygen atoms in total. The average Bonchev–Trinajstić information content (AvgIpc) is 2.84. The number of hydrogen-bond acceptors (Lipinski definition) is 3. The summed E-state index contributed by atoms with van der Waals surface area (Å²) in [6, 6.07) is 2.09. The molecule has 3 rings (SSSR count). The summed E-state index contributed by atoms with van der Waals surface area (Å²) < 4.78 is 34.9. The minimum atomic E-state index is -0.750. The number of carbonyl (C=O) groups excluding carboxylic acids is 2. The monoisotopic (exact) mass is 550 g/mol. The first-order chi connectivity index (χ1) is 17.9. The first-order valence-corrected chi connectivity index (χ1v) is 13.9. The standard InChI is InChI=1S/C29H44F2N4O3.CH4/c1-6-20(21-9-11-34(12-10-21)28(37)33-27(32)19(2)3)8-7-13-38-22-14-24(30)23(25(31)15-22)16-26(36)35-17-29(4,5)18-35;/h14-15,19-21H,6-13,16-18H2,1-5H3,(H2,32,33,37);1H4/t20-;/m0./s1. The molecule has 0 saturated carbocycles. The Balaban J connectivity index is 0.00000533. The molecular weight excluding hydrogens is 502 g/mol. The van der Waals surface area contributed by atoms with E-state index in [2.05, 4.69) is 25.8 Å². The van der Waals surface area contributed by atoms with Crippen LogP contribution in [0.2, 0.25) is 0 Å². The molecule has 9 heteroatoms. The van der Waals surface area contributed by atoms with E-state index in [0.717, 1.165) is 32.1 Å². The number of halogens is 2. The molecule has 0 aliphatic carbocycles. The highest BCUT2D eigenvalue weighted by Crippen LogP contribution is 2.32. The zero-order valence-electron chi connectivity index (χ0n) is 23.6. The van der Waals surface area contributed by atoms with Crippen molar-refractivity contribution in [3.05, 3.63) is 29.3 Å². The summed E-state index contributed by atoms with van der Waals surface area (Å²) in [6.07, 6.45) is 4.30. The lowest BCUT2D eigenvalue weighted by Gasteiger charge is -2.45. The van der Waals surface area contributed by atoms with Crippen LogP contribution >= 0.6 is 0 Å². The van der Waals surface area contributed by atoms with Crippen molar-refractivity contribution in [2.75, 3.05) is 32.8 Å². The van der Waals surface area contributed by atoms with Gasteiger partial charge in [0.25, 0.3) is 0 Å². The second kappa shape index (κ2) is 14.1. The third kappa shape index (κ3) is 8.90. The predicted octanol–water partition coefficient (Wildman–Crippen LogP) is 6.04. The molecule has 1 atom stereocenters. The Morgan fingerprint density at radius 3 is 2.23 bits per heavy atom. The number of nitrogens with two attached hydrogens (primary N) is 1. The molecule has 2 N–H and O–H groups in total. The number of rotatable bonds is 10. The summed E-state index contributed by atoms with van der Waals surface area (Å²) in [5.41, 5.74) is 5.69. The van der Waals surface area contributed by atoms with Crippen molar-refractivity contribution in [1.82, 2.24) is 9.80 Å². The van der Waals surface area contributed by atoms with Crippen molar-refractivity contribution in [2.45, 2.75) is 80.6 Å². The van der Waals surface area contributed by atoms with Crippen LogP contribution in [0.3, 0.4) is 0 Å². The van der Waals surface area contributed by atoms with Gasteiger partial charge in [0.2, 0.25) is 5.91 Å². The summed E-state index contributed by atoms with van der Waals surface area (Å²) in [5.74, 6) is -0.205. The molecule has 2 saturated heterocycles. The minimum Gasteiger partial charge on any atom is -0.493 e. The molecule has 0 radical (unpaired) electrons. The molecule has 0 unspecified atom stereocenters. The van der Waals surface area contributed by atoms with Gasteiger partial charge in [-0.3, -0.25) is 4.79 Å². The molecule has 2 fully saturated rings. The van der Waals surface area contributed by atoms with Gasteiger partial charge in [0.05, 0.1) is 13.0 Å². The fourth-order valence-corrected chi connectivity index (χ4v) is 5.44. The number of amides is 3. The summed E-state index contributed by atoms with van der Waals surface area (Å²) in [6.45, 7) is 13.0. The number of nitrogens with zero attached hydrogens (tertiary/aromatic N) is 3. The lowest BCUT2D eigenvalue weighted by molar-refractivity contribution is -0.140. The Labute approximate surface area is 233 Å². The molecular formula is C30H48F2N4O3. The van der Waals surface area contributed by atoms with Crippen LogP contribution in [0, 0.1) is 34.8 Å². The number of carbonyl (C=O) groups is 2. The van der Waals surface area contributed by atoms with Crippen LogP contribution in [0.1, 0.15) is 79.7 Å².